The summed E-state index contributed by atoms with van der Waals surface area (Å²) in [6.45, 7) is 6.08. The smallest absolute Gasteiger partial charge is 0.270 e. The number of hydrogen-bond acceptors (Lipinski definition) is 3. The first kappa shape index (κ1) is 13.1. The van der Waals surface area contributed by atoms with Crippen molar-refractivity contribution in [2.45, 2.75) is 45.5 Å². The maximum atomic E-state index is 12.4. The maximum Gasteiger partial charge on any atom is 0.270 e. The average molecular weight is 248 g/mol. The number of hydrogen-bond donors (Lipinski definition) is 1. The van der Waals surface area contributed by atoms with Crippen molar-refractivity contribution in [3.8, 4) is 0 Å². The summed E-state index contributed by atoms with van der Waals surface area (Å²) >= 11 is 0. The van der Waals surface area contributed by atoms with Gasteiger partial charge in [0.25, 0.3) is 5.91 Å². The lowest BCUT2D eigenvalue weighted by atomic mass is 10.2. The summed E-state index contributed by atoms with van der Waals surface area (Å²) in [5.74, 6) is -0.138. The monoisotopic (exact) mass is 248 g/mol. The maximum absolute atomic E-state index is 12.4. The summed E-state index contributed by atoms with van der Waals surface area (Å²) in [5, 5.41) is 13.5. The van der Waals surface area contributed by atoms with E-state index in [0.717, 1.165) is 0 Å². The molecule has 98 valence electrons. The van der Waals surface area contributed by atoms with E-state index in [2.05, 4.69) is 0 Å². The minimum absolute atomic E-state index is 0.138. The van der Waals surface area contributed by atoms with Gasteiger partial charge < -0.3 is 5.11 Å². The molecule has 2 rings (SSSR count). The minimum Gasteiger partial charge on any atom is -0.372 e. The summed E-state index contributed by atoms with van der Waals surface area (Å²) in [6.07, 6.45) is -0.133. The van der Waals surface area contributed by atoms with Gasteiger partial charge in [-0.05, 0) is 32.9 Å². The first-order valence-electron chi connectivity index (χ1n) is 6.37. The molecule has 0 aliphatic carbocycles. The molecule has 1 saturated heterocycles. The van der Waals surface area contributed by atoms with Crippen LogP contribution in [-0.4, -0.2) is 39.3 Å². The second kappa shape index (κ2) is 5.08. The third kappa shape index (κ3) is 2.26. The number of benzene rings is 1. The standard InChI is InChI=1S/C14H20N2O2/c1-10(2)15-11(3)9-13(17)16(15)14(18)12-7-5-4-6-8-12/h4-8,10-11,13,17H,9H2,1-3H3/t11-,13+/m1/s1. The number of carbonyl (C=O) groups excluding carboxylic acids is 1. The molecule has 0 radical (unpaired) electrons. The number of hydrazine groups is 1. The van der Waals surface area contributed by atoms with Crippen LogP contribution in [0.5, 0.6) is 0 Å². The minimum atomic E-state index is -0.727. The molecule has 0 saturated carbocycles. The normalized spacial score (nSPS) is 24.8. The number of rotatable bonds is 2. The van der Waals surface area contributed by atoms with Crippen LogP contribution >= 0.6 is 0 Å². The Bertz CT molecular complexity index is 419. The predicted molar refractivity (Wildman–Crippen MR) is 69.7 cm³/mol. The molecule has 18 heavy (non-hydrogen) atoms. The highest BCUT2D eigenvalue weighted by Crippen LogP contribution is 2.27. The number of aliphatic hydroxyl groups is 1. The van der Waals surface area contributed by atoms with E-state index in [9.17, 15) is 9.90 Å². The molecule has 0 spiro atoms. The van der Waals surface area contributed by atoms with Crippen LogP contribution in [0.3, 0.4) is 0 Å². The Balaban J connectivity index is 2.28. The Morgan fingerprint density at radius 3 is 2.50 bits per heavy atom. The molecule has 1 aliphatic rings. The van der Waals surface area contributed by atoms with Crippen molar-refractivity contribution in [2.75, 3.05) is 0 Å². The van der Waals surface area contributed by atoms with E-state index in [1.165, 1.54) is 5.01 Å². The van der Waals surface area contributed by atoms with Crippen LogP contribution < -0.4 is 0 Å². The summed E-state index contributed by atoms with van der Waals surface area (Å²) in [7, 11) is 0. The number of carbonyl (C=O) groups is 1. The first-order valence-corrected chi connectivity index (χ1v) is 6.37. The van der Waals surface area contributed by atoms with Crippen molar-refractivity contribution in [3.05, 3.63) is 35.9 Å². The van der Waals surface area contributed by atoms with Crippen LogP contribution in [-0.2, 0) is 0 Å². The third-order valence-corrected chi connectivity index (χ3v) is 3.29. The molecule has 4 heteroatoms. The molecule has 1 amide bonds. The number of aliphatic hydroxyl groups excluding tert-OH is 1. The number of amides is 1. The highest BCUT2D eigenvalue weighted by Gasteiger charge is 2.40. The Labute approximate surface area is 108 Å². The van der Waals surface area contributed by atoms with Crippen molar-refractivity contribution in [1.29, 1.82) is 0 Å². The van der Waals surface area contributed by atoms with Gasteiger partial charge in [0.1, 0.15) is 6.23 Å². The van der Waals surface area contributed by atoms with Gasteiger partial charge >= 0.3 is 0 Å². The van der Waals surface area contributed by atoms with Crippen LogP contribution in [0.1, 0.15) is 37.6 Å². The van der Waals surface area contributed by atoms with Crippen LogP contribution in [0.4, 0.5) is 0 Å². The zero-order valence-corrected chi connectivity index (χ0v) is 11.1. The zero-order chi connectivity index (χ0) is 13.3. The second-order valence-electron chi connectivity index (χ2n) is 5.05. The molecular formula is C14H20N2O2. The fourth-order valence-electron chi connectivity index (χ4n) is 2.59. The van der Waals surface area contributed by atoms with E-state index < -0.39 is 6.23 Å². The van der Waals surface area contributed by atoms with Gasteiger partial charge in [-0.25, -0.2) is 10.0 Å². The quantitative estimate of drug-likeness (QED) is 0.869. The van der Waals surface area contributed by atoms with Crippen molar-refractivity contribution in [1.82, 2.24) is 10.0 Å². The highest BCUT2D eigenvalue weighted by molar-refractivity contribution is 5.94. The Hall–Kier alpha value is -1.39. The fourth-order valence-corrected chi connectivity index (χ4v) is 2.59. The van der Waals surface area contributed by atoms with Gasteiger partial charge in [0.2, 0.25) is 0 Å². The molecule has 1 aromatic rings. The molecule has 4 nitrogen and oxygen atoms in total. The molecule has 0 unspecified atom stereocenters. The van der Waals surface area contributed by atoms with Gasteiger partial charge in [0.15, 0.2) is 0 Å². The molecule has 1 aliphatic heterocycles. The van der Waals surface area contributed by atoms with Crippen molar-refractivity contribution in [3.63, 3.8) is 0 Å². The van der Waals surface area contributed by atoms with Gasteiger partial charge in [-0.2, -0.15) is 0 Å². The first-order chi connectivity index (χ1) is 8.52. The van der Waals surface area contributed by atoms with E-state index in [4.69, 9.17) is 0 Å². The molecular weight excluding hydrogens is 228 g/mol. The zero-order valence-electron chi connectivity index (χ0n) is 11.1. The predicted octanol–water partition coefficient (Wildman–Crippen LogP) is 1.86. The van der Waals surface area contributed by atoms with E-state index in [-0.39, 0.29) is 18.0 Å². The molecule has 1 N–H and O–H groups in total. The largest absolute Gasteiger partial charge is 0.372 e. The number of nitrogens with zero attached hydrogens (tertiary/aromatic N) is 2. The van der Waals surface area contributed by atoms with Crippen LogP contribution in [0.15, 0.2) is 30.3 Å². The summed E-state index contributed by atoms with van der Waals surface area (Å²) in [6, 6.07) is 9.45. The van der Waals surface area contributed by atoms with Crippen molar-refractivity contribution < 1.29 is 9.90 Å². The van der Waals surface area contributed by atoms with Gasteiger partial charge in [-0.1, -0.05) is 18.2 Å². The van der Waals surface area contributed by atoms with E-state index in [1.807, 2.05) is 44.0 Å². The molecule has 0 bridgehead atoms. The lowest BCUT2D eigenvalue weighted by Crippen LogP contribution is -2.50. The summed E-state index contributed by atoms with van der Waals surface area (Å²) in [5.41, 5.74) is 0.608. The summed E-state index contributed by atoms with van der Waals surface area (Å²) < 4.78 is 0. The SMILES string of the molecule is CC(C)N1[C@H](C)C[C@H](O)N1C(=O)c1ccccc1. The lowest BCUT2D eigenvalue weighted by molar-refractivity contribution is -0.0780. The topological polar surface area (TPSA) is 43.8 Å². The lowest BCUT2D eigenvalue weighted by Gasteiger charge is -2.35. The molecule has 1 heterocycles. The van der Waals surface area contributed by atoms with Crippen molar-refractivity contribution >= 4 is 5.91 Å². The van der Waals surface area contributed by atoms with E-state index in [0.29, 0.717) is 12.0 Å². The summed E-state index contributed by atoms with van der Waals surface area (Å²) in [4.78, 5) is 12.4. The van der Waals surface area contributed by atoms with Crippen LogP contribution in [0.25, 0.3) is 0 Å². The molecule has 2 atom stereocenters. The molecule has 1 fully saturated rings. The fraction of sp³-hybridized carbons (Fsp3) is 0.500. The van der Waals surface area contributed by atoms with Crippen LogP contribution in [0.2, 0.25) is 0 Å². The van der Waals surface area contributed by atoms with Gasteiger partial charge in [-0.3, -0.25) is 4.79 Å². The van der Waals surface area contributed by atoms with Gasteiger partial charge in [0.05, 0.1) is 0 Å². The van der Waals surface area contributed by atoms with Crippen molar-refractivity contribution in [2.24, 2.45) is 0 Å². The van der Waals surface area contributed by atoms with Gasteiger partial charge in [-0.15, -0.1) is 0 Å². The Morgan fingerprint density at radius 1 is 1.33 bits per heavy atom. The highest BCUT2D eigenvalue weighted by atomic mass is 16.3. The second-order valence-corrected chi connectivity index (χ2v) is 5.05. The van der Waals surface area contributed by atoms with E-state index >= 15 is 0 Å². The Kier molecular flexibility index (Phi) is 3.68. The molecule has 1 aromatic carbocycles. The van der Waals surface area contributed by atoms with Crippen LogP contribution in [0, 0.1) is 0 Å². The van der Waals surface area contributed by atoms with E-state index in [1.54, 1.807) is 12.1 Å². The average Bonchev–Trinajstić information content (AvgIpc) is 2.64. The van der Waals surface area contributed by atoms with Gasteiger partial charge in [0, 0.05) is 24.1 Å². The third-order valence-electron chi connectivity index (χ3n) is 3.29. The Morgan fingerprint density at radius 2 is 1.94 bits per heavy atom. The molecule has 0 aromatic heterocycles.